The fourth-order valence-corrected chi connectivity index (χ4v) is 4.08. The number of ketones is 2. The fourth-order valence-electron chi connectivity index (χ4n) is 4.08. The van der Waals surface area contributed by atoms with Gasteiger partial charge in [0.1, 0.15) is 11.7 Å². The summed E-state index contributed by atoms with van der Waals surface area (Å²) in [6.07, 6.45) is 3.30. The van der Waals surface area contributed by atoms with Gasteiger partial charge in [0, 0.05) is 24.5 Å². The molecule has 1 saturated heterocycles. The van der Waals surface area contributed by atoms with E-state index in [2.05, 4.69) is 4.98 Å². The molecule has 2 atom stereocenters. The first kappa shape index (κ1) is 20.5. The number of aryl methyl sites for hydroxylation is 1. The molecule has 31 heavy (non-hydrogen) atoms. The summed E-state index contributed by atoms with van der Waals surface area (Å²) < 4.78 is 5.27. The highest BCUT2D eigenvalue weighted by Gasteiger charge is 2.51. The van der Waals surface area contributed by atoms with E-state index in [4.69, 9.17) is 4.74 Å². The summed E-state index contributed by atoms with van der Waals surface area (Å²) in [6, 6.07) is 17.2. The van der Waals surface area contributed by atoms with Crippen LogP contribution in [0.2, 0.25) is 0 Å². The van der Waals surface area contributed by atoms with E-state index < -0.39 is 23.7 Å². The minimum Gasteiger partial charge on any atom is -0.496 e. The fraction of sp³-hybridized carbons (Fsp3) is 0.200. The SMILES string of the molecule is COc1ccc(C(=O)C2C(=O)C(=O)N(Cc3cccnc3)C2c2ccccc2)cc1C. The van der Waals surface area contributed by atoms with Crippen molar-refractivity contribution in [1.82, 2.24) is 9.88 Å². The Morgan fingerprint density at radius 2 is 1.84 bits per heavy atom. The predicted molar refractivity (Wildman–Crippen MR) is 115 cm³/mol. The number of methoxy groups -OCH3 is 1. The van der Waals surface area contributed by atoms with Gasteiger partial charge in [0.25, 0.3) is 5.91 Å². The first-order valence-electron chi connectivity index (χ1n) is 9.98. The molecule has 0 aliphatic carbocycles. The normalized spacial score (nSPS) is 18.3. The molecule has 1 fully saturated rings. The molecule has 0 saturated carbocycles. The van der Waals surface area contributed by atoms with E-state index in [1.165, 1.54) is 4.90 Å². The zero-order valence-electron chi connectivity index (χ0n) is 17.3. The molecule has 2 aromatic carbocycles. The minimum atomic E-state index is -1.11. The third-order valence-corrected chi connectivity index (χ3v) is 5.58. The molecular formula is C25H22N2O4. The van der Waals surface area contributed by atoms with Crippen LogP contribution in [0.5, 0.6) is 5.75 Å². The molecule has 0 N–H and O–H groups in total. The molecule has 1 amide bonds. The molecule has 6 heteroatoms. The highest BCUT2D eigenvalue weighted by Crippen LogP contribution is 2.39. The molecule has 2 heterocycles. The van der Waals surface area contributed by atoms with E-state index in [1.54, 1.807) is 43.8 Å². The monoisotopic (exact) mass is 414 g/mol. The third-order valence-electron chi connectivity index (χ3n) is 5.58. The molecule has 1 aliphatic rings. The average Bonchev–Trinajstić information content (AvgIpc) is 3.04. The summed E-state index contributed by atoms with van der Waals surface area (Å²) in [5.74, 6) is -2.16. The van der Waals surface area contributed by atoms with Gasteiger partial charge in [-0.15, -0.1) is 0 Å². The maximum absolute atomic E-state index is 13.5. The van der Waals surface area contributed by atoms with Gasteiger partial charge in [-0.1, -0.05) is 36.4 Å². The second-order valence-electron chi connectivity index (χ2n) is 7.54. The van der Waals surface area contributed by atoms with Gasteiger partial charge < -0.3 is 9.64 Å². The third kappa shape index (κ3) is 3.84. The highest BCUT2D eigenvalue weighted by atomic mass is 16.5. The molecule has 4 rings (SSSR count). The molecule has 0 radical (unpaired) electrons. The Morgan fingerprint density at radius 3 is 2.48 bits per heavy atom. The number of hydrogen-bond donors (Lipinski definition) is 0. The second-order valence-corrected chi connectivity index (χ2v) is 7.54. The van der Waals surface area contributed by atoms with Crippen molar-refractivity contribution in [1.29, 1.82) is 0 Å². The van der Waals surface area contributed by atoms with Crippen LogP contribution >= 0.6 is 0 Å². The minimum absolute atomic E-state index is 0.198. The molecule has 156 valence electrons. The molecule has 0 spiro atoms. The lowest BCUT2D eigenvalue weighted by molar-refractivity contribution is -0.141. The molecule has 6 nitrogen and oxygen atoms in total. The van der Waals surface area contributed by atoms with Gasteiger partial charge in [0.05, 0.1) is 13.2 Å². The van der Waals surface area contributed by atoms with Crippen molar-refractivity contribution in [2.24, 2.45) is 5.92 Å². The summed E-state index contributed by atoms with van der Waals surface area (Å²) in [7, 11) is 1.56. The number of aromatic nitrogens is 1. The van der Waals surface area contributed by atoms with Crippen molar-refractivity contribution in [3.8, 4) is 5.75 Å². The van der Waals surface area contributed by atoms with Gasteiger partial charge in [-0.3, -0.25) is 19.4 Å². The quantitative estimate of drug-likeness (QED) is 0.350. The summed E-state index contributed by atoms with van der Waals surface area (Å²) in [5.41, 5.74) is 2.70. The molecule has 2 unspecified atom stereocenters. The van der Waals surface area contributed by atoms with Crippen molar-refractivity contribution >= 4 is 17.5 Å². The number of amides is 1. The number of nitrogens with zero attached hydrogens (tertiary/aromatic N) is 2. The lowest BCUT2D eigenvalue weighted by Crippen LogP contribution is -2.30. The summed E-state index contributed by atoms with van der Waals surface area (Å²) in [4.78, 5) is 45.1. The lowest BCUT2D eigenvalue weighted by atomic mass is 9.86. The van der Waals surface area contributed by atoms with Gasteiger partial charge in [0.2, 0.25) is 5.78 Å². The lowest BCUT2D eigenvalue weighted by Gasteiger charge is -2.27. The number of ether oxygens (including phenoxy) is 1. The Bertz CT molecular complexity index is 1130. The molecule has 1 aromatic heterocycles. The van der Waals surface area contributed by atoms with Crippen molar-refractivity contribution in [2.45, 2.75) is 19.5 Å². The zero-order chi connectivity index (χ0) is 22.0. The van der Waals surface area contributed by atoms with E-state index >= 15 is 0 Å². The van der Waals surface area contributed by atoms with Gasteiger partial charge in [0.15, 0.2) is 5.78 Å². The van der Waals surface area contributed by atoms with E-state index in [9.17, 15) is 14.4 Å². The molecule has 1 aliphatic heterocycles. The van der Waals surface area contributed by atoms with Crippen LogP contribution in [0.1, 0.15) is 33.1 Å². The van der Waals surface area contributed by atoms with Gasteiger partial charge in [-0.05, 0) is 47.9 Å². The molecule has 0 bridgehead atoms. The van der Waals surface area contributed by atoms with E-state index in [1.807, 2.05) is 43.3 Å². The number of hydrogen-bond acceptors (Lipinski definition) is 5. The number of likely N-dealkylation sites (tertiary alicyclic amines) is 1. The summed E-state index contributed by atoms with van der Waals surface area (Å²) in [5, 5.41) is 0. The summed E-state index contributed by atoms with van der Waals surface area (Å²) in [6.45, 7) is 2.03. The van der Waals surface area contributed by atoms with Gasteiger partial charge in [-0.2, -0.15) is 0 Å². The summed E-state index contributed by atoms with van der Waals surface area (Å²) >= 11 is 0. The highest BCUT2D eigenvalue weighted by molar-refractivity contribution is 6.44. The number of carbonyl (C=O) groups is 3. The van der Waals surface area contributed by atoms with Crippen molar-refractivity contribution < 1.29 is 19.1 Å². The van der Waals surface area contributed by atoms with Crippen molar-refractivity contribution in [3.63, 3.8) is 0 Å². The smallest absolute Gasteiger partial charge is 0.291 e. The van der Waals surface area contributed by atoms with E-state index in [-0.39, 0.29) is 12.3 Å². The van der Waals surface area contributed by atoms with Crippen molar-refractivity contribution in [2.75, 3.05) is 7.11 Å². The standard InChI is InChI=1S/C25H22N2O4/c1-16-13-19(10-11-20(16)31-2)23(28)21-22(18-8-4-3-5-9-18)27(25(30)24(21)29)15-17-7-6-12-26-14-17/h3-14,21-22H,15H2,1-2H3. The van der Waals surface area contributed by atoms with Crippen LogP contribution in [-0.2, 0) is 16.1 Å². The average molecular weight is 414 g/mol. The maximum Gasteiger partial charge on any atom is 0.291 e. The van der Waals surface area contributed by atoms with Crippen LogP contribution in [-0.4, -0.2) is 34.5 Å². The first-order chi connectivity index (χ1) is 15.0. The van der Waals surface area contributed by atoms with Crippen LogP contribution in [0.3, 0.4) is 0 Å². The van der Waals surface area contributed by atoms with Crippen LogP contribution in [0.25, 0.3) is 0 Å². The Hall–Kier alpha value is -3.80. The Balaban J connectivity index is 1.76. The van der Waals surface area contributed by atoms with Crippen LogP contribution in [0.4, 0.5) is 0 Å². The van der Waals surface area contributed by atoms with Gasteiger partial charge in [-0.25, -0.2) is 0 Å². The molecular weight excluding hydrogens is 392 g/mol. The predicted octanol–water partition coefficient (Wildman–Crippen LogP) is 3.55. The number of Topliss-reactive ketones (excluding diaryl/α,β-unsaturated/α-hetero) is 2. The van der Waals surface area contributed by atoms with Crippen LogP contribution in [0, 0.1) is 12.8 Å². The molecule has 3 aromatic rings. The zero-order valence-corrected chi connectivity index (χ0v) is 17.3. The van der Waals surface area contributed by atoms with Gasteiger partial charge >= 0.3 is 0 Å². The van der Waals surface area contributed by atoms with Crippen LogP contribution in [0.15, 0.2) is 73.1 Å². The number of carbonyl (C=O) groups excluding carboxylic acids is 3. The number of benzene rings is 2. The van der Waals surface area contributed by atoms with E-state index in [0.717, 1.165) is 16.7 Å². The Morgan fingerprint density at radius 1 is 1.06 bits per heavy atom. The Labute approximate surface area is 180 Å². The number of rotatable bonds is 6. The topological polar surface area (TPSA) is 76.6 Å². The van der Waals surface area contributed by atoms with E-state index in [0.29, 0.717) is 11.3 Å². The second kappa shape index (κ2) is 8.52. The van der Waals surface area contributed by atoms with Crippen molar-refractivity contribution in [3.05, 3.63) is 95.3 Å². The van der Waals surface area contributed by atoms with Crippen LogP contribution < -0.4 is 4.74 Å². The largest absolute Gasteiger partial charge is 0.496 e. The Kier molecular flexibility index (Phi) is 5.62. The first-order valence-corrected chi connectivity index (χ1v) is 9.98. The number of pyridine rings is 1. The maximum atomic E-state index is 13.5.